The predicted octanol–water partition coefficient (Wildman–Crippen LogP) is 3.59. The van der Waals surface area contributed by atoms with Crippen LogP contribution in [0.25, 0.3) is 16.9 Å². The highest BCUT2D eigenvalue weighted by Crippen LogP contribution is 2.51. The number of aromatic hydroxyl groups is 1. The fourth-order valence-electron chi connectivity index (χ4n) is 5.73. The number of fused-ring (bicyclic) bond motifs is 3. The lowest BCUT2D eigenvalue weighted by Crippen LogP contribution is -2.43. The van der Waals surface area contributed by atoms with E-state index >= 15 is 0 Å². The smallest absolute Gasteiger partial charge is 0.173 e. The molecule has 0 aromatic heterocycles. The van der Waals surface area contributed by atoms with Gasteiger partial charge in [-0.2, -0.15) is 0 Å². The fraction of sp³-hybridized carbons (Fsp3) is 0.345. The van der Waals surface area contributed by atoms with Gasteiger partial charge in [0.15, 0.2) is 17.3 Å². The topological polar surface area (TPSA) is 165 Å². The Balaban J connectivity index is 0.00000128. The number of hydrogen-bond donors (Lipinski definition) is 4. The molecule has 206 valence electrons. The van der Waals surface area contributed by atoms with Crippen molar-refractivity contribution in [3.05, 3.63) is 64.4 Å². The monoisotopic (exact) mass is 527 g/mol. The number of phenolic OH excluding ortho intramolecular Hbond substituents is 1. The van der Waals surface area contributed by atoms with E-state index in [-0.39, 0.29) is 48.9 Å². The second-order valence-corrected chi connectivity index (χ2v) is 9.67. The lowest BCUT2D eigenvalue weighted by Gasteiger charge is -2.41. The molecule has 0 spiro atoms. The Morgan fingerprint density at radius 2 is 1.66 bits per heavy atom. The van der Waals surface area contributed by atoms with Gasteiger partial charge in [0.1, 0.15) is 23.0 Å². The zero-order chi connectivity index (χ0) is 27.0. The van der Waals surface area contributed by atoms with Gasteiger partial charge in [-0.05, 0) is 69.0 Å². The molecule has 1 saturated carbocycles. The van der Waals surface area contributed by atoms with Crippen molar-refractivity contribution in [2.45, 2.75) is 26.2 Å². The number of rotatable bonds is 3. The summed E-state index contributed by atoms with van der Waals surface area (Å²) in [5, 5.41) is 35.8. The van der Waals surface area contributed by atoms with Gasteiger partial charge in [-0.15, -0.1) is 0 Å². The minimum atomic E-state index is -1.04. The van der Waals surface area contributed by atoms with Crippen LogP contribution in [0.4, 0.5) is 0 Å². The third kappa shape index (κ3) is 4.70. The molecule has 5 rings (SSSR count). The van der Waals surface area contributed by atoms with Crippen LogP contribution in [0.5, 0.6) is 11.5 Å². The van der Waals surface area contributed by atoms with Crippen LogP contribution in [0.2, 0.25) is 0 Å². The number of methoxy groups -OCH3 is 1. The molecule has 0 heterocycles. The van der Waals surface area contributed by atoms with Crippen LogP contribution in [0.3, 0.4) is 0 Å². The van der Waals surface area contributed by atoms with Crippen LogP contribution in [0.1, 0.15) is 33.7 Å². The highest BCUT2D eigenvalue weighted by molar-refractivity contribution is 6.22. The second kappa shape index (κ2) is 11.2. The van der Waals surface area contributed by atoms with Crippen LogP contribution < -0.4 is 10.1 Å². The molecule has 6 N–H and O–H groups in total. The summed E-state index contributed by atoms with van der Waals surface area (Å²) in [5.41, 5.74) is 1.94. The lowest BCUT2D eigenvalue weighted by molar-refractivity contribution is -0.127. The summed E-state index contributed by atoms with van der Waals surface area (Å²) in [5.74, 6) is -3.62. The summed E-state index contributed by atoms with van der Waals surface area (Å²) in [6, 6.07) is 10.7. The van der Waals surface area contributed by atoms with Gasteiger partial charge in [0.2, 0.25) is 0 Å². The Labute approximate surface area is 223 Å². The summed E-state index contributed by atoms with van der Waals surface area (Å²) in [4.78, 5) is 37.9. The quantitative estimate of drug-likeness (QED) is 0.440. The van der Waals surface area contributed by atoms with E-state index in [0.717, 1.165) is 0 Å². The minimum Gasteiger partial charge on any atom is -0.511 e. The molecule has 0 saturated heterocycles. The van der Waals surface area contributed by atoms with Gasteiger partial charge < -0.3 is 30.8 Å². The molecule has 3 atom stereocenters. The molecule has 3 aliphatic rings. The third-order valence-electron chi connectivity index (χ3n) is 7.27. The van der Waals surface area contributed by atoms with Gasteiger partial charge in [0.25, 0.3) is 0 Å². The van der Waals surface area contributed by atoms with Crippen LogP contribution >= 0.6 is 0 Å². The average Bonchev–Trinajstić information content (AvgIpc) is 2.84. The summed E-state index contributed by atoms with van der Waals surface area (Å²) in [7, 11) is 5.31. The van der Waals surface area contributed by atoms with E-state index in [9.17, 15) is 29.7 Å². The maximum Gasteiger partial charge on any atom is 0.173 e. The normalized spacial score (nSPS) is 21.8. The van der Waals surface area contributed by atoms with E-state index in [4.69, 9.17) is 4.74 Å². The molecule has 0 aliphatic heterocycles. The van der Waals surface area contributed by atoms with E-state index in [2.05, 4.69) is 5.32 Å². The molecule has 0 amide bonds. The number of hydrogen-bond acceptors (Lipinski definition) is 8. The van der Waals surface area contributed by atoms with Gasteiger partial charge >= 0.3 is 0 Å². The van der Waals surface area contributed by atoms with Crippen molar-refractivity contribution in [1.82, 2.24) is 5.32 Å². The first-order valence-corrected chi connectivity index (χ1v) is 12.2. The SMILES string of the molecule is CNC.COc1ccc(-c2ccc3c(c2O)C(O)=C2C(=O)C4C(O)=C(C(C)=O)C(=O)CC4CC2C3)cc1.O.[HH].[HH]. The lowest BCUT2D eigenvalue weighted by atomic mass is 9.61. The largest absolute Gasteiger partial charge is 0.511 e. The Hall–Kier alpha value is -3.95. The van der Waals surface area contributed by atoms with Gasteiger partial charge in [0.05, 0.1) is 24.2 Å². The average molecular weight is 528 g/mol. The molecule has 0 bridgehead atoms. The first-order valence-electron chi connectivity index (χ1n) is 12.2. The van der Waals surface area contributed by atoms with E-state index < -0.39 is 34.9 Å². The van der Waals surface area contributed by atoms with Crippen molar-refractivity contribution >= 4 is 23.1 Å². The molecule has 1 fully saturated rings. The van der Waals surface area contributed by atoms with Crippen molar-refractivity contribution in [1.29, 1.82) is 0 Å². The number of carbonyl (C=O) groups excluding carboxylic acids is 3. The number of benzene rings is 2. The van der Waals surface area contributed by atoms with Crippen molar-refractivity contribution < 1.29 is 42.8 Å². The highest BCUT2D eigenvalue weighted by atomic mass is 16.5. The number of carbonyl (C=O) groups is 3. The van der Waals surface area contributed by atoms with Crippen LogP contribution in [0.15, 0.2) is 53.3 Å². The molecule has 2 aromatic carbocycles. The summed E-state index contributed by atoms with van der Waals surface area (Å²) >= 11 is 0. The highest BCUT2D eigenvalue weighted by Gasteiger charge is 2.50. The molecule has 38 heavy (non-hydrogen) atoms. The zero-order valence-electron chi connectivity index (χ0n) is 21.8. The molecular formula is C29H37NO8. The van der Waals surface area contributed by atoms with E-state index in [1.54, 1.807) is 37.4 Å². The van der Waals surface area contributed by atoms with Crippen molar-refractivity contribution in [3.63, 3.8) is 0 Å². The Morgan fingerprint density at radius 1 is 1.03 bits per heavy atom. The number of ketones is 3. The molecule has 9 nitrogen and oxygen atoms in total. The molecular weight excluding hydrogens is 490 g/mol. The first kappa shape index (κ1) is 28.6. The van der Waals surface area contributed by atoms with E-state index in [1.807, 2.05) is 20.2 Å². The third-order valence-corrected chi connectivity index (χ3v) is 7.27. The number of ether oxygens (including phenoxy) is 1. The summed E-state index contributed by atoms with van der Waals surface area (Å²) in [6.07, 6.45) is 0.837. The summed E-state index contributed by atoms with van der Waals surface area (Å²) in [6.45, 7) is 1.19. The van der Waals surface area contributed by atoms with Gasteiger partial charge in [-0.25, -0.2) is 0 Å². The van der Waals surface area contributed by atoms with Crippen LogP contribution in [0, 0.1) is 17.8 Å². The van der Waals surface area contributed by atoms with Crippen LogP contribution in [-0.2, 0) is 20.8 Å². The number of allylic oxidation sites excluding steroid dienone is 3. The Bertz CT molecular complexity index is 1350. The molecule has 0 radical (unpaired) electrons. The maximum absolute atomic E-state index is 13.5. The maximum atomic E-state index is 13.5. The predicted molar refractivity (Wildman–Crippen MR) is 146 cm³/mol. The minimum absolute atomic E-state index is 0. The molecule has 9 heteroatoms. The standard InChI is InChI=1S/C27H24O7.C2H7N.H2O.2H2/c1-12(28)20-19(29)11-16-10-15-9-14-5-8-18(13-3-6-17(34-2)7-4-13)24(30)21(14)26(32)22(15)27(33)23(16)25(20)31;1-3-2;;;/h3-8,15-16,23,30-32H,9-11H2,1-2H3;3H,1-2H3;1H2;2*1H. The number of phenols is 1. The van der Waals surface area contributed by atoms with E-state index in [1.165, 1.54) is 6.92 Å². The van der Waals surface area contributed by atoms with Crippen molar-refractivity contribution in [3.8, 4) is 22.6 Å². The van der Waals surface area contributed by atoms with Crippen LogP contribution in [-0.4, -0.2) is 59.4 Å². The van der Waals surface area contributed by atoms with Crippen molar-refractivity contribution in [2.75, 3.05) is 21.2 Å². The zero-order valence-corrected chi connectivity index (χ0v) is 21.8. The number of nitrogens with one attached hydrogen (secondary N) is 1. The Morgan fingerprint density at radius 3 is 2.24 bits per heavy atom. The fourth-order valence-corrected chi connectivity index (χ4v) is 5.73. The molecule has 3 aliphatic carbocycles. The van der Waals surface area contributed by atoms with Gasteiger partial charge in [-0.1, -0.05) is 24.3 Å². The van der Waals surface area contributed by atoms with Crippen molar-refractivity contribution in [2.24, 2.45) is 17.8 Å². The molecule has 2 aromatic rings. The number of Topliss-reactive ketones (excluding diaryl/α,β-unsaturated/α-hetero) is 3. The first-order chi connectivity index (χ1) is 17.6. The van der Waals surface area contributed by atoms with Gasteiger partial charge in [0, 0.05) is 20.4 Å². The van der Waals surface area contributed by atoms with E-state index in [0.29, 0.717) is 35.3 Å². The Kier molecular flexibility index (Phi) is 8.44. The second-order valence-electron chi connectivity index (χ2n) is 9.67. The summed E-state index contributed by atoms with van der Waals surface area (Å²) < 4.78 is 5.18. The number of aliphatic hydroxyl groups excluding tert-OH is 2. The van der Waals surface area contributed by atoms with Gasteiger partial charge in [-0.3, -0.25) is 14.4 Å². The number of aliphatic hydroxyl groups is 2. The molecule has 3 unspecified atom stereocenters.